The Kier molecular flexibility index (Phi) is 15.4. The van der Waals surface area contributed by atoms with Crippen molar-refractivity contribution in [2.24, 2.45) is 16.3 Å². The maximum Gasteiger partial charge on any atom is 0.306 e. The lowest BCUT2D eigenvalue weighted by atomic mass is 9.85. The summed E-state index contributed by atoms with van der Waals surface area (Å²) in [5.74, 6) is -0.682. The van der Waals surface area contributed by atoms with Gasteiger partial charge in [0.05, 0.1) is 40.4 Å². The molecule has 5 atom stereocenters. The second-order valence-corrected chi connectivity index (χ2v) is 25.4. The summed E-state index contributed by atoms with van der Waals surface area (Å²) >= 11 is 3.20. The number of carboxylic acid groups (broad SMARTS) is 1. The molecule has 5 N–H and O–H groups in total. The van der Waals surface area contributed by atoms with Crippen LogP contribution in [0.15, 0.2) is 87.7 Å². The lowest BCUT2D eigenvalue weighted by molar-refractivity contribution is -0.142. The van der Waals surface area contributed by atoms with E-state index >= 15 is 0 Å². The van der Waals surface area contributed by atoms with Crippen LogP contribution in [-0.4, -0.2) is 120 Å². The number of aryl methyl sites for hydroxylation is 3. The second kappa shape index (κ2) is 22.5. The number of anilines is 1. The third-order valence-electron chi connectivity index (χ3n) is 16.5. The maximum absolute atomic E-state index is 14.4. The number of aliphatic hydroxyl groups excluding tert-OH is 1. The van der Waals surface area contributed by atoms with Crippen molar-refractivity contribution in [3.8, 4) is 21.2 Å². The van der Waals surface area contributed by atoms with E-state index in [4.69, 9.17) is 14.1 Å². The molecule has 0 radical (unpaired) electrons. The summed E-state index contributed by atoms with van der Waals surface area (Å²) in [6.45, 7) is 16.7. The average molecular weight is 1150 g/mol. The van der Waals surface area contributed by atoms with E-state index in [1.165, 1.54) is 4.90 Å². The summed E-state index contributed by atoms with van der Waals surface area (Å²) in [7, 11) is 0. The number of furan rings is 1. The van der Waals surface area contributed by atoms with Crippen LogP contribution in [0.25, 0.3) is 26.4 Å². The van der Waals surface area contributed by atoms with E-state index in [-0.39, 0.29) is 55.2 Å². The van der Waals surface area contributed by atoms with Crippen LogP contribution in [0, 0.1) is 39.0 Å². The molecule has 4 amide bonds. The number of aliphatic imine (C=N–C) groups is 1. The highest BCUT2D eigenvalue weighted by Crippen LogP contribution is 2.41. The fourth-order valence-corrected chi connectivity index (χ4v) is 13.7. The predicted molar refractivity (Wildman–Crippen MR) is 313 cm³/mol. The quantitative estimate of drug-likeness (QED) is 0.0645. The van der Waals surface area contributed by atoms with Gasteiger partial charge in [-0.05, 0) is 106 Å². The number of likely N-dealkylation sites (tertiary alicyclic amines) is 1. The number of carboxylic acids is 1. The minimum Gasteiger partial charge on any atom is -0.490 e. The molecular formula is C61H68N10O9S2. The first-order valence-corrected chi connectivity index (χ1v) is 29.7. The molecule has 0 spiro atoms. The van der Waals surface area contributed by atoms with Crippen LogP contribution in [0.3, 0.4) is 0 Å². The Morgan fingerprint density at radius 2 is 1.60 bits per heavy atom. The Labute approximate surface area is 483 Å². The Morgan fingerprint density at radius 3 is 2.28 bits per heavy atom. The molecular weight excluding hydrogens is 1080 g/mol. The lowest BCUT2D eigenvalue weighted by Crippen LogP contribution is -2.57. The Balaban J connectivity index is 0.655. The number of aliphatic carboxylic acids is 1. The first-order valence-electron chi connectivity index (χ1n) is 28.0. The first-order chi connectivity index (χ1) is 39.2. The highest BCUT2D eigenvalue weighted by Gasteiger charge is 2.45. The number of fused-ring (bicyclic) bond motifs is 4. The Morgan fingerprint density at radius 1 is 0.878 bits per heavy atom. The number of benzene rings is 3. The molecule has 7 aromatic rings. The third kappa shape index (κ3) is 11.3. The van der Waals surface area contributed by atoms with Gasteiger partial charge in [-0.15, -0.1) is 32.9 Å². The molecule has 1 aliphatic carbocycles. The molecule has 3 fully saturated rings. The van der Waals surface area contributed by atoms with Gasteiger partial charge in [0.1, 0.15) is 46.4 Å². The number of nitrogens with one attached hydrogen (secondary N) is 3. The summed E-state index contributed by atoms with van der Waals surface area (Å²) < 4.78 is 14.3. The standard InChI is InChI=1S/C61H68N10O9S2/c1-31-34(4)82-60-51(31)52(65-46(28-50(73)74)55-68-67-35(5)71(55)60)37-13-15-42(16-14-37)69-21-19-39(20-22-69)56(75)64-41-25-45(26-41)79-44-17-18-48-40(23-44)24-49(80-48)58(77)66-54(61(6,7)8)59(78)70-29-43(72)27-47(70)57(76)63-32(2)36-9-11-38(12-10-36)53-33(3)62-30-81-53/h9-18,23-24,30,32,39,41,43,45-47,54,72H,19-22,25-29H2,1-8H3,(H,63,76)(H,64,75)(H,66,77)(H,73,74)/t32?,41-,43-,45-,46+,47+,54?/m1/s1. The number of hydrogen-bond acceptors (Lipinski definition) is 15. The topological polar surface area (TPSA) is 247 Å². The first kappa shape index (κ1) is 56.1. The number of ether oxygens (including phenoxy) is 1. The van der Waals surface area contributed by atoms with Gasteiger partial charge in [-0.2, -0.15) is 0 Å². The number of β-amino-alcohol motifs (C(OH)–C–C–N with tert-alkyl or cyclic N) is 1. The molecule has 11 rings (SSSR count). The average Bonchev–Trinajstić information content (AvgIpc) is 3.14. The lowest BCUT2D eigenvalue weighted by Gasteiger charge is -2.38. The molecule has 2 unspecified atom stereocenters. The van der Waals surface area contributed by atoms with Gasteiger partial charge in [0.15, 0.2) is 11.6 Å². The number of rotatable bonds is 15. The van der Waals surface area contributed by atoms with Crippen molar-refractivity contribution in [1.82, 2.24) is 40.6 Å². The number of aromatic nitrogens is 4. The zero-order chi connectivity index (χ0) is 57.9. The van der Waals surface area contributed by atoms with Gasteiger partial charge in [0.25, 0.3) is 5.91 Å². The van der Waals surface area contributed by atoms with Crippen LogP contribution in [0.2, 0.25) is 0 Å². The van der Waals surface area contributed by atoms with Gasteiger partial charge in [-0.1, -0.05) is 57.2 Å². The highest BCUT2D eigenvalue weighted by atomic mass is 32.1. The molecule has 3 aliphatic heterocycles. The number of amides is 4. The van der Waals surface area contributed by atoms with Crippen molar-refractivity contribution in [2.45, 2.75) is 136 Å². The van der Waals surface area contributed by atoms with Crippen molar-refractivity contribution in [2.75, 3.05) is 24.5 Å². The van der Waals surface area contributed by atoms with Crippen LogP contribution in [0.4, 0.5) is 5.69 Å². The van der Waals surface area contributed by atoms with E-state index in [0.29, 0.717) is 54.1 Å². The zero-order valence-corrected chi connectivity index (χ0v) is 48.8. The van der Waals surface area contributed by atoms with Crippen LogP contribution in [-0.2, 0) is 19.2 Å². The largest absolute Gasteiger partial charge is 0.490 e. The number of piperidine rings is 1. The number of hydrogen-bond donors (Lipinski definition) is 5. The predicted octanol–water partition coefficient (Wildman–Crippen LogP) is 8.73. The van der Waals surface area contributed by atoms with Crippen LogP contribution >= 0.6 is 22.7 Å². The summed E-state index contributed by atoms with van der Waals surface area (Å²) in [5.41, 5.74) is 9.10. The monoisotopic (exact) mass is 1150 g/mol. The normalized spacial score (nSPS) is 20.7. The molecule has 4 aliphatic rings. The Bertz CT molecular complexity index is 3620. The van der Waals surface area contributed by atoms with Gasteiger partial charge in [0.2, 0.25) is 17.7 Å². The number of nitrogens with zero attached hydrogens (tertiary/aromatic N) is 7. The summed E-state index contributed by atoms with van der Waals surface area (Å²) in [6.07, 6.45) is 1.56. The van der Waals surface area contributed by atoms with Gasteiger partial charge < -0.3 is 45.1 Å². The summed E-state index contributed by atoms with van der Waals surface area (Å²) in [4.78, 5) is 83.0. The van der Waals surface area contributed by atoms with E-state index in [2.05, 4.69) is 62.0 Å². The fraction of sp³-hybridized carbons (Fsp3) is 0.426. The number of thiazole rings is 1. The second-order valence-electron chi connectivity index (χ2n) is 23.3. The van der Waals surface area contributed by atoms with Crippen molar-refractivity contribution >= 4 is 74.6 Å². The van der Waals surface area contributed by atoms with Crippen molar-refractivity contribution < 1.29 is 43.3 Å². The van der Waals surface area contributed by atoms with Gasteiger partial charge in [-0.25, -0.2) is 4.98 Å². The summed E-state index contributed by atoms with van der Waals surface area (Å²) in [6, 6.07) is 20.0. The summed E-state index contributed by atoms with van der Waals surface area (Å²) in [5, 5.41) is 40.1. The smallest absolute Gasteiger partial charge is 0.306 e. The molecule has 19 nitrogen and oxygen atoms in total. The van der Waals surface area contributed by atoms with E-state index in [1.54, 1.807) is 46.9 Å². The van der Waals surface area contributed by atoms with Gasteiger partial charge in [-0.3, -0.25) is 33.5 Å². The molecule has 1 saturated carbocycles. The molecule has 7 heterocycles. The van der Waals surface area contributed by atoms with Crippen LogP contribution in [0.1, 0.15) is 133 Å². The SMILES string of the molecule is Cc1ncsc1-c1ccc(C(C)NC(=O)[C@@H]2C[C@@H](O)CN2C(=O)C(NC(=O)c2cc3cc(O[C@H]4C[C@H](NC(=O)C5CCN(c6ccc(C7=N[C@@H](CC(=O)O)c8nnc(C)n8-c8sc(C)c(C)c87)cc6)CC5)C4)ccc3o2)C(C)(C)C)cc1. The molecule has 4 aromatic heterocycles. The number of aliphatic hydroxyl groups is 1. The number of carbonyl (C=O) groups is 5. The molecule has 21 heteroatoms. The van der Waals surface area contributed by atoms with Crippen molar-refractivity contribution in [3.63, 3.8) is 0 Å². The third-order valence-corrected chi connectivity index (χ3v) is 18.6. The van der Waals surface area contributed by atoms with Crippen LogP contribution in [0.5, 0.6) is 5.75 Å². The molecule has 0 bridgehead atoms. The van der Waals surface area contributed by atoms with Crippen molar-refractivity contribution in [1.29, 1.82) is 0 Å². The number of thiophene rings is 1. The minimum absolute atomic E-state index is 0.00530. The van der Waals surface area contributed by atoms with Gasteiger partial charge in [0, 0.05) is 77.9 Å². The molecule has 3 aromatic carbocycles. The van der Waals surface area contributed by atoms with Crippen molar-refractivity contribution in [3.05, 3.63) is 129 Å². The van der Waals surface area contributed by atoms with E-state index in [0.717, 1.165) is 72.8 Å². The molecule has 2 saturated heterocycles. The molecule has 82 heavy (non-hydrogen) atoms. The highest BCUT2D eigenvalue weighted by molar-refractivity contribution is 7.15. The minimum atomic E-state index is -1.06. The fourth-order valence-electron chi connectivity index (χ4n) is 11.6. The number of carbonyl (C=O) groups excluding carboxylic acids is 4. The zero-order valence-electron chi connectivity index (χ0n) is 47.2. The van der Waals surface area contributed by atoms with Crippen LogP contribution < -0.4 is 25.6 Å². The Hall–Kier alpha value is -7.75. The maximum atomic E-state index is 14.4. The molecule has 428 valence electrons. The van der Waals surface area contributed by atoms with E-state index in [9.17, 15) is 34.2 Å². The van der Waals surface area contributed by atoms with Gasteiger partial charge >= 0.3 is 5.97 Å². The van der Waals surface area contributed by atoms with E-state index < -0.39 is 53.3 Å². The van der Waals surface area contributed by atoms with E-state index in [1.807, 2.05) is 88.0 Å².